The minimum Gasteiger partial charge on any atom is -0.441 e. The van der Waals surface area contributed by atoms with Gasteiger partial charge in [-0.05, 0) is 25.0 Å². The van der Waals surface area contributed by atoms with Crippen molar-refractivity contribution in [1.82, 2.24) is 10.3 Å². The van der Waals surface area contributed by atoms with Gasteiger partial charge in [-0.25, -0.2) is 4.98 Å². The lowest BCUT2D eigenvalue weighted by Gasteiger charge is -2.10. The van der Waals surface area contributed by atoms with E-state index < -0.39 is 0 Å². The standard InChI is InChI=1S/C17H19BrN2O3/c18-13-5-3-12(4-6-13)15-11-20-17(23-15)8-7-16(21)19-10-14-2-1-9-22-14/h3-6,11,14H,1-2,7-10H2,(H,19,21)/t14-/m0/s1. The highest BCUT2D eigenvalue weighted by Gasteiger charge is 2.16. The molecule has 3 rings (SSSR count). The zero-order valence-electron chi connectivity index (χ0n) is 12.8. The van der Waals surface area contributed by atoms with Gasteiger partial charge in [0, 0.05) is 36.0 Å². The number of carbonyl (C=O) groups is 1. The molecule has 1 atom stereocenters. The molecule has 0 radical (unpaired) electrons. The van der Waals surface area contributed by atoms with Gasteiger partial charge in [0.1, 0.15) is 0 Å². The number of ether oxygens (including phenoxy) is 1. The molecule has 23 heavy (non-hydrogen) atoms. The summed E-state index contributed by atoms with van der Waals surface area (Å²) in [5.74, 6) is 1.30. The summed E-state index contributed by atoms with van der Waals surface area (Å²) >= 11 is 3.40. The topological polar surface area (TPSA) is 64.4 Å². The van der Waals surface area contributed by atoms with Crippen molar-refractivity contribution in [2.24, 2.45) is 0 Å². The number of aryl methyl sites for hydroxylation is 1. The molecule has 1 fully saturated rings. The number of halogens is 1. The molecule has 1 aromatic carbocycles. The Balaban J connectivity index is 1.47. The Kier molecular flexibility index (Phi) is 5.46. The minimum absolute atomic E-state index is 0.00360. The van der Waals surface area contributed by atoms with E-state index in [2.05, 4.69) is 26.2 Å². The van der Waals surface area contributed by atoms with Crippen LogP contribution in [0.3, 0.4) is 0 Å². The Bertz CT molecular complexity index is 648. The average molecular weight is 379 g/mol. The molecule has 5 nitrogen and oxygen atoms in total. The smallest absolute Gasteiger partial charge is 0.220 e. The summed E-state index contributed by atoms with van der Waals surface area (Å²) in [4.78, 5) is 16.1. The first-order chi connectivity index (χ1) is 11.2. The Labute approximate surface area is 143 Å². The fourth-order valence-corrected chi connectivity index (χ4v) is 2.78. The first kappa shape index (κ1) is 16.2. The van der Waals surface area contributed by atoms with Crippen LogP contribution in [0.4, 0.5) is 0 Å². The first-order valence-corrected chi connectivity index (χ1v) is 8.59. The van der Waals surface area contributed by atoms with E-state index in [1.807, 2.05) is 24.3 Å². The summed E-state index contributed by atoms with van der Waals surface area (Å²) in [6.07, 6.45) is 4.83. The second-order valence-corrected chi connectivity index (χ2v) is 6.48. The van der Waals surface area contributed by atoms with Gasteiger partial charge in [-0.15, -0.1) is 0 Å². The van der Waals surface area contributed by atoms with Gasteiger partial charge in [-0.3, -0.25) is 4.79 Å². The number of hydrogen-bond acceptors (Lipinski definition) is 4. The number of nitrogens with zero attached hydrogens (tertiary/aromatic N) is 1. The highest BCUT2D eigenvalue weighted by molar-refractivity contribution is 9.10. The van der Waals surface area contributed by atoms with E-state index in [9.17, 15) is 4.79 Å². The van der Waals surface area contributed by atoms with Crippen LogP contribution in [-0.2, 0) is 16.0 Å². The molecular weight excluding hydrogens is 360 g/mol. The number of carbonyl (C=O) groups excluding carboxylic acids is 1. The maximum Gasteiger partial charge on any atom is 0.220 e. The molecule has 6 heteroatoms. The Hall–Kier alpha value is -1.66. The van der Waals surface area contributed by atoms with Crippen LogP contribution in [0, 0.1) is 0 Å². The van der Waals surface area contributed by atoms with Crippen molar-refractivity contribution in [3.63, 3.8) is 0 Å². The van der Waals surface area contributed by atoms with Crippen LogP contribution in [0.5, 0.6) is 0 Å². The quantitative estimate of drug-likeness (QED) is 0.836. The molecule has 1 aromatic heterocycles. The predicted octanol–water partition coefficient (Wildman–Crippen LogP) is 3.33. The summed E-state index contributed by atoms with van der Waals surface area (Å²) in [6, 6.07) is 7.83. The van der Waals surface area contributed by atoms with Crippen molar-refractivity contribution in [2.75, 3.05) is 13.2 Å². The molecule has 1 aliphatic heterocycles. The molecule has 1 aliphatic rings. The third kappa shape index (κ3) is 4.65. The van der Waals surface area contributed by atoms with Crippen molar-refractivity contribution in [1.29, 1.82) is 0 Å². The summed E-state index contributed by atoms with van der Waals surface area (Å²) in [5, 5.41) is 2.90. The second kappa shape index (κ2) is 7.75. The number of benzene rings is 1. The van der Waals surface area contributed by atoms with Gasteiger partial charge in [-0.1, -0.05) is 28.1 Å². The zero-order valence-corrected chi connectivity index (χ0v) is 14.3. The summed E-state index contributed by atoms with van der Waals surface area (Å²) < 4.78 is 12.2. The van der Waals surface area contributed by atoms with E-state index in [-0.39, 0.29) is 12.0 Å². The van der Waals surface area contributed by atoms with Crippen LogP contribution in [-0.4, -0.2) is 30.1 Å². The lowest BCUT2D eigenvalue weighted by atomic mass is 10.2. The van der Waals surface area contributed by atoms with E-state index in [4.69, 9.17) is 9.15 Å². The Morgan fingerprint density at radius 2 is 2.17 bits per heavy atom. The van der Waals surface area contributed by atoms with Gasteiger partial charge in [0.15, 0.2) is 11.7 Å². The fraction of sp³-hybridized carbons (Fsp3) is 0.412. The number of nitrogens with one attached hydrogen (secondary N) is 1. The average Bonchev–Trinajstić information content (AvgIpc) is 3.23. The summed E-state index contributed by atoms with van der Waals surface area (Å²) in [5.41, 5.74) is 0.967. The van der Waals surface area contributed by atoms with Crippen molar-refractivity contribution in [3.8, 4) is 11.3 Å². The SMILES string of the molecule is O=C(CCc1ncc(-c2ccc(Br)cc2)o1)NC[C@@H]1CCCO1. The molecule has 0 saturated carbocycles. The first-order valence-electron chi connectivity index (χ1n) is 7.79. The largest absolute Gasteiger partial charge is 0.441 e. The van der Waals surface area contributed by atoms with Gasteiger partial charge >= 0.3 is 0 Å². The lowest BCUT2D eigenvalue weighted by molar-refractivity contribution is -0.121. The molecule has 1 saturated heterocycles. The van der Waals surface area contributed by atoms with Gasteiger partial charge < -0.3 is 14.5 Å². The molecule has 0 aliphatic carbocycles. The van der Waals surface area contributed by atoms with Crippen LogP contribution in [0.15, 0.2) is 39.4 Å². The molecular formula is C17H19BrN2O3. The second-order valence-electron chi connectivity index (χ2n) is 5.56. The van der Waals surface area contributed by atoms with Crippen LogP contribution in [0.1, 0.15) is 25.2 Å². The lowest BCUT2D eigenvalue weighted by Crippen LogP contribution is -2.31. The number of oxazole rings is 1. The number of aromatic nitrogens is 1. The highest BCUT2D eigenvalue weighted by atomic mass is 79.9. The van der Waals surface area contributed by atoms with E-state index in [1.165, 1.54) is 0 Å². The minimum atomic E-state index is 0.00360. The van der Waals surface area contributed by atoms with Gasteiger partial charge in [0.05, 0.1) is 12.3 Å². The highest BCUT2D eigenvalue weighted by Crippen LogP contribution is 2.22. The van der Waals surface area contributed by atoms with Gasteiger partial charge in [0.25, 0.3) is 0 Å². The third-order valence-electron chi connectivity index (χ3n) is 3.80. The Morgan fingerprint density at radius 3 is 2.91 bits per heavy atom. The summed E-state index contributed by atoms with van der Waals surface area (Å²) in [6.45, 7) is 1.39. The van der Waals surface area contributed by atoms with E-state index in [0.717, 1.165) is 29.5 Å². The Morgan fingerprint density at radius 1 is 1.35 bits per heavy atom. The zero-order chi connectivity index (χ0) is 16.1. The fourth-order valence-electron chi connectivity index (χ4n) is 2.52. The monoisotopic (exact) mass is 378 g/mol. The molecule has 0 spiro atoms. The van der Waals surface area contributed by atoms with Crippen molar-refractivity contribution in [3.05, 3.63) is 40.8 Å². The van der Waals surface area contributed by atoms with E-state index in [1.54, 1.807) is 6.20 Å². The molecule has 2 aromatic rings. The van der Waals surface area contributed by atoms with Crippen LogP contribution in [0.2, 0.25) is 0 Å². The van der Waals surface area contributed by atoms with Crippen LogP contribution in [0.25, 0.3) is 11.3 Å². The number of amides is 1. The predicted molar refractivity (Wildman–Crippen MR) is 89.9 cm³/mol. The molecule has 0 unspecified atom stereocenters. The van der Waals surface area contributed by atoms with Gasteiger partial charge in [-0.2, -0.15) is 0 Å². The van der Waals surface area contributed by atoms with Crippen LogP contribution >= 0.6 is 15.9 Å². The van der Waals surface area contributed by atoms with Crippen molar-refractivity contribution < 1.29 is 13.9 Å². The maximum absolute atomic E-state index is 11.8. The normalized spacial score (nSPS) is 17.3. The molecule has 1 amide bonds. The van der Waals surface area contributed by atoms with E-state index in [0.29, 0.717) is 31.0 Å². The molecule has 0 bridgehead atoms. The number of hydrogen-bond donors (Lipinski definition) is 1. The van der Waals surface area contributed by atoms with Crippen molar-refractivity contribution in [2.45, 2.75) is 31.8 Å². The molecule has 122 valence electrons. The molecule has 2 heterocycles. The third-order valence-corrected chi connectivity index (χ3v) is 4.33. The van der Waals surface area contributed by atoms with E-state index >= 15 is 0 Å². The van der Waals surface area contributed by atoms with Crippen molar-refractivity contribution >= 4 is 21.8 Å². The molecule has 1 N–H and O–H groups in total. The summed E-state index contributed by atoms with van der Waals surface area (Å²) in [7, 11) is 0. The number of rotatable bonds is 6. The maximum atomic E-state index is 11.8. The van der Waals surface area contributed by atoms with Gasteiger partial charge in [0.2, 0.25) is 5.91 Å². The van der Waals surface area contributed by atoms with Crippen LogP contribution < -0.4 is 5.32 Å².